The van der Waals surface area contributed by atoms with Crippen molar-refractivity contribution < 1.29 is 0 Å². The number of rotatable bonds is 6. The highest BCUT2D eigenvalue weighted by atomic mass is 35.5. The Kier molecular flexibility index (Phi) is 6.30. The zero-order valence-corrected chi connectivity index (χ0v) is 13.4. The lowest BCUT2D eigenvalue weighted by atomic mass is 10.0. The third kappa shape index (κ3) is 4.45. The van der Waals surface area contributed by atoms with Gasteiger partial charge in [-0.3, -0.25) is 0 Å². The zero-order valence-electron chi connectivity index (χ0n) is 12.6. The fourth-order valence-electron chi connectivity index (χ4n) is 2.81. The van der Waals surface area contributed by atoms with Gasteiger partial charge in [0.1, 0.15) is 0 Å². The molecule has 0 radical (unpaired) electrons. The second-order valence-corrected chi connectivity index (χ2v) is 5.89. The molecule has 1 unspecified atom stereocenters. The van der Waals surface area contributed by atoms with E-state index in [-0.39, 0.29) is 0 Å². The number of nitrogens with zero attached hydrogens (tertiary/aromatic N) is 2. The normalized spacial score (nSPS) is 19.1. The third-order valence-corrected chi connectivity index (χ3v) is 4.52. The Balaban J connectivity index is 1.81. The van der Waals surface area contributed by atoms with Gasteiger partial charge in [-0.05, 0) is 37.7 Å². The summed E-state index contributed by atoms with van der Waals surface area (Å²) in [6.45, 7) is 9.40. The molecule has 0 aromatic heterocycles. The van der Waals surface area contributed by atoms with Crippen LogP contribution in [0.25, 0.3) is 0 Å². The van der Waals surface area contributed by atoms with Gasteiger partial charge in [0.15, 0.2) is 0 Å². The van der Waals surface area contributed by atoms with E-state index in [1.165, 1.54) is 38.3 Å². The van der Waals surface area contributed by atoms with Gasteiger partial charge in [0.2, 0.25) is 0 Å². The Morgan fingerprint density at radius 1 is 1.10 bits per heavy atom. The van der Waals surface area contributed by atoms with Crippen molar-refractivity contribution in [1.82, 2.24) is 15.1 Å². The van der Waals surface area contributed by atoms with Crippen molar-refractivity contribution in [2.24, 2.45) is 0 Å². The Morgan fingerprint density at radius 2 is 1.70 bits per heavy atom. The summed E-state index contributed by atoms with van der Waals surface area (Å²) < 4.78 is 0. The van der Waals surface area contributed by atoms with E-state index in [9.17, 15) is 0 Å². The summed E-state index contributed by atoms with van der Waals surface area (Å²) in [4.78, 5) is 5.09. The van der Waals surface area contributed by atoms with Crippen molar-refractivity contribution in [1.29, 1.82) is 0 Å². The lowest BCUT2D eigenvalue weighted by Crippen LogP contribution is -2.46. The Hall–Kier alpha value is -0.610. The van der Waals surface area contributed by atoms with E-state index in [4.69, 9.17) is 11.6 Å². The van der Waals surface area contributed by atoms with Gasteiger partial charge in [-0.15, -0.1) is 0 Å². The van der Waals surface area contributed by atoms with Crippen LogP contribution in [0.3, 0.4) is 0 Å². The molecule has 1 aliphatic rings. The fraction of sp³-hybridized carbons (Fsp3) is 0.625. The minimum absolute atomic E-state index is 0.413. The minimum atomic E-state index is 0.413. The average Bonchev–Trinajstić information content (AvgIpc) is 2.50. The van der Waals surface area contributed by atoms with E-state index >= 15 is 0 Å². The summed E-state index contributed by atoms with van der Waals surface area (Å²) in [5.74, 6) is 0. The van der Waals surface area contributed by atoms with Crippen molar-refractivity contribution in [2.45, 2.75) is 19.4 Å². The van der Waals surface area contributed by atoms with Gasteiger partial charge < -0.3 is 15.1 Å². The number of hydrogen-bond acceptors (Lipinski definition) is 3. The number of hydrogen-bond donors (Lipinski definition) is 1. The molecule has 0 spiro atoms. The van der Waals surface area contributed by atoms with E-state index < -0.39 is 0 Å². The van der Waals surface area contributed by atoms with E-state index in [1.807, 2.05) is 19.2 Å². The predicted molar refractivity (Wildman–Crippen MR) is 86.4 cm³/mol. The van der Waals surface area contributed by atoms with Gasteiger partial charge >= 0.3 is 0 Å². The minimum Gasteiger partial charge on any atom is -0.313 e. The van der Waals surface area contributed by atoms with Gasteiger partial charge in [-0.25, -0.2) is 0 Å². The first-order valence-electron chi connectivity index (χ1n) is 7.60. The molecule has 3 nitrogen and oxygen atoms in total. The second-order valence-electron chi connectivity index (χ2n) is 5.46. The zero-order chi connectivity index (χ0) is 14.4. The predicted octanol–water partition coefficient (Wildman–Crippen LogP) is 2.63. The third-order valence-electron chi connectivity index (χ3n) is 4.27. The number of halogens is 1. The molecule has 2 rings (SSSR count). The molecule has 20 heavy (non-hydrogen) atoms. The van der Waals surface area contributed by atoms with E-state index in [0.29, 0.717) is 6.04 Å². The molecule has 1 aliphatic heterocycles. The Morgan fingerprint density at radius 3 is 2.25 bits per heavy atom. The van der Waals surface area contributed by atoms with Gasteiger partial charge in [0, 0.05) is 43.8 Å². The number of nitrogens with one attached hydrogen (secondary N) is 1. The topological polar surface area (TPSA) is 18.5 Å². The summed E-state index contributed by atoms with van der Waals surface area (Å²) in [7, 11) is 2.04. The first-order chi connectivity index (χ1) is 9.72. The van der Waals surface area contributed by atoms with Crippen LogP contribution in [0.5, 0.6) is 0 Å². The van der Waals surface area contributed by atoms with Crippen LogP contribution >= 0.6 is 11.6 Å². The molecule has 1 aromatic carbocycles. The summed E-state index contributed by atoms with van der Waals surface area (Å²) in [6.07, 6.45) is 1.14. The highest BCUT2D eigenvalue weighted by Gasteiger charge is 2.17. The van der Waals surface area contributed by atoms with Crippen LogP contribution in [0.4, 0.5) is 0 Å². The SMILES string of the molecule is CCN1CCN(CCC(NC)c2ccc(Cl)cc2)CC1. The van der Waals surface area contributed by atoms with Gasteiger partial charge in [-0.2, -0.15) is 0 Å². The second kappa shape index (κ2) is 7.99. The molecule has 1 fully saturated rings. The molecule has 0 amide bonds. The summed E-state index contributed by atoms with van der Waals surface area (Å²) in [5.41, 5.74) is 1.32. The molecule has 0 aliphatic carbocycles. The first kappa shape index (κ1) is 15.8. The smallest absolute Gasteiger partial charge is 0.0406 e. The average molecular weight is 296 g/mol. The largest absolute Gasteiger partial charge is 0.313 e. The van der Waals surface area contributed by atoms with Gasteiger partial charge in [-0.1, -0.05) is 30.7 Å². The van der Waals surface area contributed by atoms with Crippen LogP contribution in [0.2, 0.25) is 5.02 Å². The molecular weight excluding hydrogens is 270 g/mol. The summed E-state index contributed by atoms with van der Waals surface area (Å²) in [5, 5.41) is 4.22. The summed E-state index contributed by atoms with van der Waals surface area (Å²) >= 11 is 5.95. The van der Waals surface area contributed by atoms with E-state index in [2.05, 4.69) is 34.2 Å². The molecule has 1 atom stereocenters. The first-order valence-corrected chi connectivity index (χ1v) is 7.98. The summed E-state index contributed by atoms with van der Waals surface area (Å²) in [6, 6.07) is 8.61. The number of piperazine rings is 1. The van der Waals surface area contributed by atoms with E-state index in [1.54, 1.807) is 0 Å². The molecule has 1 aromatic rings. The van der Waals surface area contributed by atoms with Crippen LogP contribution in [0.15, 0.2) is 24.3 Å². The maximum atomic E-state index is 5.95. The molecule has 1 saturated heterocycles. The molecular formula is C16H26ClN3. The highest BCUT2D eigenvalue weighted by Crippen LogP contribution is 2.19. The van der Waals surface area contributed by atoms with Gasteiger partial charge in [0.25, 0.3) is 0 Å². The van der Waals surface area contributed by atoms with Crippen LogP contribution in [-0.4, -0.2) is 56.1 Å². The molecule has 1 heterocycles. The number of likely N-dealkylation sites (N-methyl/N-ethyl adjacent to an activating group) is 1. The molecule has 0 saturated carbocycles. The lowest BCUT2D eigenvalue weighted by Gasteiger charge is -2.34. The molecule has 0 bridgehead atoms. The monoisotopic (exact) mass is 295 g/mol. The van der Waals surface area contributed by atoms with Crippen LogP contribution in [0.1, 0.15) is 24.9 Å². The van der Waals surface area contributed by atoms with Gasteiger partial charge in [0.05, 0.1) is 0 Å². The standard InChI is InChI=1S/C16H26ClN3/c1-3-19-10-12-20(13-11-19)9-8-16(18-2)14-4-6-15(17)7-5-14/h4-7,16,18H,3,8-13H2,1-2H3. The van der Waals surface area contributed by atoms with Crippen LogP contribution < -0.4 is 5.32 Å². The maximum Gasteiger partial charge on any atom is 0.0406 e. The quantitative estimate of drug-likeness (QED) is 0.870. The number of benzene rings is 1. The van der Waals surface area contributed by atoms with Crippen molar-refractivity contribution in [2.75, 3.05) is 46.3 Å². The van der Waals surface area contributed by atoms with E-state index in [0.717, 1.165) is 18.0 Å². The molecule has 112 valence electrons. The Labute approximate surface area is 127 Å². The fourth-order valence-corrected chi connectivity index (χ4v) is 2.94. The van der Waals surface area contributed by atoms with Crippen molar-refractivity contribution in [3.63, 3.8) is 0 Å². The molecule has 1 N–H and O–H groups in total. The highest BCUT2D eigenvalue weighted by molar-refractivity contribution is 6.30. The van der Waals surface area contributed by atoms with Crippen molar-refractivity contribution in [3.05, 3.63) is 34.9 Å². The van der Waals surface area contributed by atoms with Crippen molar-refractivity contribution in [3.8, 4) is 0 Å². The van der Waals surface area contributed by atoms with Crippen LogP contribution in [-0.2, 0) is 0 Å². The van der Waals surface area contributed by atoms with Crippen LogP contribution in [0, 0.1) is 0 Å². The molecule has 4 heteroatoms. The maximum absolute atomic E-state index is 5.95. The van der Waals surface area contributed by atoms with Crippen molar-refractivity contribution >= 4 is 11.6 Å². The Bertz CT molecular complexity index is 385. The lowest BCUT2D eigenvalue weighted by molar-refractivity contribution is 0.133.